The molecule has 0 radical (unpaired) electrons. The minimum atomic E-state index is -0.554. The molecule has 12 nitrogen and oxygen atoms in total. The predicted octanol–water partition coefficient (Wildman–Crippen LogP) is 2.12. The molecule has 0 fully saturated rings. The molecule has 0 saturated heterocycles. The van der Waals surface area contributed by atoms with E-state index in [1.54, 1.807) is 23.9 Å². The van der Waals surface area contributed by atoms with Crippen molar-refractivity contribution < 1.29 is 19.1 Å². The number of hydrogen-bond acceptors (Lipinski definition) is 10. The van der Waals surface area contributed by atoms with Crippen molar-refractivity contribution in [3.05, 3.63) is 43.7 Å². The molecule has 0 unspecified atom stereocenters. The highest BCUT2D eigenvalue weighted by Gasteiger charge is 2.09. The number of H-pyrrole nitrogens is 2. The first-order valence-electron chi connectivity index (χ1n) is 9.20. The first-order chi connectivity index (χ1) is 15.0. The molecule has 192 valence electrons. The Balaban J connectivity index is 0. The van der Waals surface area contributed by atoms with Gasteiger partial charge in [-0.25, -0.2) is 14.8 Å². The zero-order valence-corrected chi connectivity index (χ0v) is 19.5. The molecule has 0 spiro atoms. The molecule has 34 heavy (non-hydrogen) atoms. The van der Waals surface area contributed by atoms with Crippen LogP contribution < -0.4 is 21.0 Å². The van der Waals surface area contributed by atoms with E-state index in [-0.39, 0.29) is 50.4 Å². The van der Waals surface area contributed by atoms with Crippen LogP contribution in [-0.4, -0.2) is 72.3 Å². The number of hydrogen-bond donors (Lipinski definition) is 2. The number of anilines is 2. The number of esters is 2. The van der Waals surface area contributed by atoms with Crippen LogP contribution in [0.25, 0.3) is 0 Å². The van der Waals surface area contributed by atoms with E-state index in [1.807, 2.05) is 0 Å². The highest BCUT2D eigenvalue weighted by atomic mass is 35.5. The van der Waals surface area contributed by atoms with Crippen LogP contribution in [-0.2, 0) is 19.1 Å². The van der Waals surface area contributed by atoms with Gasteiger partial charge in [0.2, 0.25) is 5.28 Å². The van der Waals surface area contributed by atoms with Crippen LogP contribution >= 0.6 is 23.2 Å². The minimum absolute atomic E-state index is 0. The number of likely N-dealkylation sites (N-methyl/N-ethyl adjacent to an activating group) is 2. The summed E-state index contributed by atoms with van der Waals surface area (Å²) in [7, 11) is 3.45. The number of nitrogens with one attached hydrogen (secondary N) is 2. The Morgan fingerprint density at radius 1 is 0.971 bits per heavy atom. The van der Waals surface area contributed by atoms with Crippen molar-refractivity contribution in [3.8, 4) is 0 Å². The number of nitrogens with zero attached hydrogens (tertiary/aromatic N) is 4. The lowest BCUT2D eigenvalue weighted by Crippen LogP contribution is -2.32. The molecular formula is C20H32Cl2N6O6. The predicted molar refractivity (Wildman–Crippen MR) is 133 cm³/mol. The number of carbonyl (C=O) groups is 2. The number of aromatic amines is 2. The van der Waals surface area contributed by atoms with Crippen molar-refractivity contribution in [2.75, 3.05) is 50.2 Å². The van der Waals surface area contributed by atoms with Crippen LogP contribution in [0, 0.1) is 0 Å². The van der Waals surface area contributed by atoms with E-state index in [9.17, 15) is 19.2 Å². The van der Waals surface area contributed by atoms with Gasteiger partial charge < -0.3 is 24.3 Å². The van der Waals surface area contributed by atoms with Crippen LogP contribution in [0.2, 0.25) is 10.4 Å². The molecule has 0 atom stereocenters. The van der Waals surface area contributed by atoms with Crippen molar-refractivity contribution >= 4 is 46.5 Å². The fourth-order valence-corrected chi connectivity index (χ4v) is 2.62. The van der Waals surface area contributed by atoms with E-state index in [2.05, 4.69) is 19.9 Å². The second-order valence-electron chi connectivity index (χ2n) is 6.30. The first-order valence-corrected chi connectivity index (χ1v) is 9.96. The molecule has 0 aromatic carbocycles. The van der Waals surface area contributed by atoms with Crippen LogP contribution in [0.5, 0.6) is 0 Å². The maximum absolute atomic E-state index is 11.4. The van der Waals surface area contributed by atoms with Gasteiger partial charge in [-0.05, 0) is 11.6 Å². The maximum Gasteiger partial charge on any atom is 0.325 e. The van der Waals surface area contributed by atoms with Gasteiger partial charge in [0.05, 0.1) is 25.0 Å². The monoisotopic (exact) mass is 522 g/mol. The minimum Gasteiger partial charge on any atom is -0.464 e. The van der Waals surface area contributed by atoms with Crippen molar-refractivity contribution in [2.45, 2.75) is 28.7 Å². The lowest BCUT2D eigenvalue weighted by molar-refractivity contribution is -0.141. The van der Waals surface area contributed by atoms with Crippen LogP contribution in [0.15, 0.2) is 22.0 Å². The van der Waals surface area contributed by atoms with Crippen LogP contribution in [0.3, 0.4) is 0 Å². The van der Waals surface area contributed by atoms with E-state index < -0.39 is 11.2 Å². The zero-order valence-electron chi connectivity index (χ0n) is 18.0. The lowest BCUT2D eigenvalue weighted by Gasteiger charge is -2.18. The molecule has 0 aliphatic carbocycles. The molecule has 0 aliphatic heterocycles. The Hall–Kier alpha value is -3.12. The number of halogens is 2. The second kappa shape index (κ2) is 16.5. The molecule has 14 heteroatoms. The van der Waals surface area contributed by atoms with Gasteiger partial charge in [0, 0.05) is 34.1 Å². The smallest absolute Gasteiger partial charge is 0.325 e. The number of rotatable bonds is 8. The molecule has 2 rings (SSSR count). The number of ether oxygens (including phenoxy) is 2. The summed E-state index contributed by atoms with van der Waals surface area (Å²) < 4.78 is 9.54. The van der Waals surface area contributed by atoms with Crippen LogP contribution in [0.1, 0.15) is 28.7 Å². The fourth-order valence-electron chi connectivity index (χ4n) is 2.17. The van der Waals surface area contributed by atoms with Crippen molar-refractivity contribution in [1.82, 2.24) is 19.9 Å². The summed E-state index contributed by atoms with van der Waals surface area (Å²) in [6.07, 6.45) is 2.83. The third kappa shape index (κ3) is 12.2. The molecule has 2 heterocycles. The van der Waals surface area contributed by atoms with E-state index in [0.29, 0.717) is 24.5 Å². The molecule has 2 N–H and O–H groups in total. The maximum atomic E-state index is 11.4. The van der Waals surface area contributed by atoms with E-state index in [1.165, 1.54) is 26.2 Å². The molecule has 2 aromatic heterocycles. The third-order valence-electron chi connectivity index (χ3n) is 3.78. The molecule has 0 saturated carbocycles. The zero-order chi connectivity index (χ0) is 24.3. The van der Waals surface area contributed by atoms with Gasteiger partial charge in [0.1, 0.15) is 18.9 Å². The number of aromatic nitrogens is 4. The first kappa shape index (κ1) is 33.1. The van der Waals surface area contributed by atoms with Gasteiger partial charge >= 0.3 is 17.6 Å². The van der Waals surface area contributed by atoms with Gasteiger partial charge in [-0.2, -0.15) is 0 Å². The quantitative estimate of drug-likeness (QED) is 0.299. The van der Waals surface area contributed by atoms with Gasteiger partial charge in [-0.3, -0.25) is 19.4 Å². The van der Waals surface area contributed by atoms with Crippen molar-refractivity contribution in [2.24, 2.45) is 0 Å². The SMILES string of the molecule is C.C.CC(=O)OCCN(C)c1c[nH]c(=O)[nH]c1=O.CC(=O)OCCN(C)c1cnc(Cl)nc1Cl. The summed E-state index contributed by atoms with van der Waals surface area (Å²) in [5.41, 5.74) is -0.0822. The summed E-state index contributed by atoms with van der Waals surface area (Å²) in [6.45, 7) is 4.01. The van der Waals surface area contributed by atoms with Gasteiger partial charge in [-0.15, -0.1) is 0 Å². The van der Waals surface area contributed by atoms with Crippen LogP contribution in [0.4, 0.5) is 11.4 Å². The summed E-state index contributed by atoms with van der Waals surface area (Å²) in [6, 6.07) is 0. The third-order valence-corrected chi connectivity index (χ3v) is 4.24. The average Bonchev–Trinajstić information content (AvgIpc) is 2.67. The Morgan fingerprint density at radius 3 is 1.91 bits per heavy atom. The lowest BCUT2D eigenvalue weighted by atomic mass is 10.4. The average molecular weight is 523 g/mol. The van der Waals surface area contributed by atoms with Crippen molar-refractivity contribution in [3.63, 3.8) is 0 Å². The molecule has 0 bridgehead atoms. The van der Waals surface area contributed by atoms with Crippen molar-refractivity contribution in [1.29, 1.82) is 0 Å². The Labute approximate surface area is 208 Å². The summed E-state index contributed by atoms with van der Waals surface area (Å²) in [4.78, 5) is 58.7. The molecular weight excluding hydrogens is 491 g/mol. The normalized spacial score (nSPS) is 9.35. The Morgan fingerprint density at radius 2 is 1.47 bits per heavy atom. The number of carbonyl (C=O) groups excluding carboxylic acids is 2. The highest BCUT2D eigenvalue weighted by molar-refractivity contribution is 6.33. The standard InChI is InChI=1S/C9H11Cl2N3O2.C9H13N3O4.2CH4/c1-6(15)16-4-3-14(2)7-5-12-9(11)13-8(7)10;1-6(13)16-4-3-12(2)7-5-10-9(15)11-8(7)14;;/h5H,3-4H2,1-2H3;5H,3-4H2,1-2H3,(H2,10,11,14,15);2*1H4. The van der Waals surface area contributed by atoms with E-state index in [0.717, 1.165) is 0 Å². The molecule has 0 aliphatic rings. The Bertz CT molecular complexity index is 1030. The van der Waals surface area contributed by atoms with Gasteiger partial charge in [-0.1, -0.05) is 26.5 Å². The summed E-state index contributed by atoms with van der Waals surface area (Å²) in [5, 5.41) is 0.368. The summed E-state index contributed by atoms with van der Waals surface area (Å²) >= 11 is 11.5. The molecule has 0 amide bonds. The van der Waals surface area contributed by atoms with E-state index in [4.69, 9.17) is 32.7 Å². The second-order valence-corrected chi connectivity index (χ2v) is 6.99. The molecule has 2 aromatic rings. The summed E-state index contributed by atoms with van der Waals surface area (Å²) in [5.74, 6) is -0.685. The van der Waals surface area contributed by atoms with Gasteiger partial charge in [0.15, 0.2) is 5.15 Å². The largest absolute Gasteiger partial charge is 0.464 e. The van der Waals surface area contributed by atoms with Gasteiger partial charge in [0.25, 0.3) is 5.56 Å². The highest BCUT2D eigenvalue weighted by Crippen LogP contribution is 2.22. The topological polar surface area (TPSA) is 151 Å². The van der Waals surface area contributed by atoms with E-state index >= 15 is 0 Å². The Kier molecular flexibility index (Phi) is 16.0. The fraction of sp³-hybridized carbons (Fsp3) is 0.500.